The van der Waals surface area contributed by atoms with E-state index in [9.17, 15) is 0 Å². The third kappa shape index (κ3) is 4.71. The van der Waals surface area contributed by atoms with Gasteiger partial charge in [-0.15, -0.1) is 0 Å². The van der Waals surface area contributed by atoms with Gasteiger partial charge < -0.3 is 9.64 Å². The Labute approximate surface area is 270 Å². The molecule has 2 aliphatic rings. The van der Waals surface area contributed by atoms with Crippen LogP contribution >= 0.6 is 0 Å². The molecule has 0 atom stereocenters. The molecule has 5 aromatic rings. The van der Waals surface area contributed by atoms with E-state index in [2.05, 4.69) is 163 Å². The van der Waals surface area contributed by atoms with Crippen LogP contribution in [0.4, 0.5) is 17.1 Å². The van der Waals surface area contributed by atoms with Crippen LogP contribution in [-0.4, -0.2) is 6.71 Å². The quantitative estimate of drug-likeness (QED) is 0.186. The second-order valence-corrected chi connectivity index (χ2v) is 14.4. The van der Waals surface area contributed by atoms with Gasteiger partial charge in [0.25, 0.3) is 6.71 Å². The average molecular weight is 590 g/mol. The van der Waals surface area contributed by atoms with E-state index in [1.165, 1.54) is 55.6 Å². The fourth-order valence-corrected chi connectivity index (χ4v) is 7.69. The van der Waals surface area contributed by atoms with E-state index in [1.807, 2.05) is 0 Å². The van der Waals surface area contributed by atoms with Crippen LogP contribution in [0.25, 0.3) is 0 Å². The SMILES string of the molecule is CC(C)c1cc(C(C)C)c(B2c3ccccc3Oc3cc(N4c5ccccc5C(C)(C)c5ccccc54)ccc32)c(C(C)C)c1. The molecule has 0 amide bonds. The summed E-state index contributed by atoms with van der Waals surface area (Å²) in [4.78, 5) is 2.42. The van der Waals surface area contributed by atoms with Crippen molar-refractivity contribution in [2.45, 2.75) is 78.6 Å². The largest absolute Gasteiger partial charge is 0.458 e. The number of hydrogen-bond donors (Lipinski definition) is 0. The molecule has 0 aliphatic carbocycles. The second kappa shape index (κ2) is 11.0. The predicted molar refractivity (Wildman–Crippen MR) is 193 cm³/mol. The first-order chi connectivity index (χ1) is 21.6. The minimum absolute atomic E-state index is 0.0925. The van der Waals surface area contributed by atoms with Crippen LogP contribution < -0.4 is 26.0 Å². The summed E-state index contributed by atoms with van der Waals surface area (Å²) in [6.07, 6.45) is 0. The molecular weight excluding hydrogens is 545 g/mol. The molecule has 0 aromatic heterocycles. The summed E-state index contributed by atoms with van der Waals surface area (Å²) in [6.45, 7) is 18.7. The Morgan fingerprint density at radius 2 is 1.11 bits per heavy atom. The normalized spacial score (nSPS) is 14.6. The number of rotatable bonds is 5. The molecule has 0 bridgehead atoms. The van der Waals surface area contributed by atoms with Crippen LogP contribution in [0.3, 0.4) is 0 Å². The summed E-state index contributed by atoms with van der Waals surface area (Å²) in [5, 5.41) is 0. The van der Waals surface area contributed by atoms with Crippen molar-refractivity contribution in [3.05, 3.63) is 131 Å². The van der Waals surface area contributed by atoms with E-state index in [0.717, 1.165) is 17.2 Å². The number of anilines is 3. The van der Waals surface area contributed by atoms with E-state index < -0.39 is 0 Å². The van der Waals surface area contributed by atoms with E-state index in [4.69, 9.17) is 4.74 Å². The Morgan fingerprint density at radius 1 is 0.578 bits per heavy atom. The van der Waals surface area contributed by atoms with Crippen molar-refractivity contribution in [3.8, 4) is 11.5 Å². The number of benzene rings is 5. The van der Waals surface area contributed by atoms with Crippen LogP contribution in [-0.2, 0) is 5.41 Å². The Balaban J connectivity index is 1.46. The molecule has 2 heterocycles. The molecule has 0 N–H and O–H groups in total. The molecule has 226 valence electrons. The Kier molecular flexibility index (Phi) is 7.19. The van der Waals surface area contributed by atoms with Crippen molar-refractivity contribution in [3.63, 3.8) is 0 Å². The molecular formula is C42H44BNO. The lowest BCUT2D eigenvalue weighted by molar-refractivity contribution is 0.487. The molecule has 3 heteroatoms. The molecule has 0 spiro atoms. The van der Waals surface area contributed by atoms with Gasteiger partial charge in [-0.2, -0.15) is 0 Å². The maximum atomic E-state index is 6.81. The van der Waals surface area contributed by atoms with Gasteiger partial charge in [0, 0.05) is 17.2 Å². The lowest BCUT2D eigenvalue weighted by atomic mass is 9.34. The van der Waals surface area contributed by atoms with Gasteiger partial charge in [-0.25, -0.2) is 0 Å². The first-order valence-electron chi connectivity index (χ1n) is 16.7. The summed E-state index contributed by atoms with van der Waals surface area (Å²) in [6, 6.07) is 38.2. The second-order valence-electron chi connectivity index (χ2n) is 14.4. The average Bonchev–Trinajstić information content (AvgIpc) is 3.03. The van der Waals surface area contributed by atoms with Crippen LogP contribution in [0.2, 0.25) is 0 Å². The van der Waals surface area contributed by atoms with Crippen molar-refractivity contribution >= 4 is 40.2 Å². The van der Waals surface area contributed by atoms with Gasteiger partial charge in [-0.3, -0.25) is 0 Å². The van der Waals surface area contributed by atoms with E-state index in [-0.39, 0.29) is 12.1 Å². The Morgan fingerprint density at radius 3 is 1.69 bits per heavy atom. The van der Waals surface area contributed by atoms with Crippen molar-refractivity contribution in [2.75, 3.05) is 4.90 Å². The Hall–Kier alpha value is -4.24. The molecule has 0 fully saturated rings. The van der Waals surface area contributed by atoms with Gasteiger partial charge in [-0.05, 0) is 80.8 Å². The van der Waals surface area contributed by atoms with Gasteiger partial charge in [0.1, 0.15) is 11.5 Å². The molecule has 5 aromatic carbocycles. The number of nitrogens with zero attached hydrogens (tertiary/aromatic N) is 1. The van der Waals surface area contributed by atoms with Crippen molar-refractivity contribution in [1.82, 2.24) is 0 Å². The Bertz CT molecular complexity index is 1840. The van der Waals surface area contributed by atoms with Gasteiger partial charge in [-0.1, -0.05) is 134 Å². The van der Waals surface area contributed by atoms with Gasteiger partial charge in [0.15, 0.2) is 0 Å². The van der Waals surface area contributed by atoms with E-state index in [1.54, 1.807) is 0 Å². The van der Waals surface area contributed by atoms with Gasteiger partial charge >= 0.3 is 0 Å². The van der Waals surface area contributed by atoms with Crippen LogP contribution in [0.15, 0.2) is 103 Å². The zero-order chi connectivity index (χ0) is 31.6. The van der Waals surface area contributed by atoms with E-state index in [0.29, 0.717) is 17.8 Å². The standard InChI is InChI=1S/C42H44BNO/c1-26(2)29-23-31(27(3)4)41(32(24-29)28(5)6)43-35-17-11-14-20-39(35)45-40-25-30(21-22-36(40)43)44-37-18-12-9-15-33(37)42(7,8)34-16-10-13-19-38(34)44/h9-28H,1-8H3. The fraction of sp³-hybridized carbons (Fsp3) is 0.286. The maximum Gasteiger partial charge on any atom is 0.251 e. The van der Waals surface area contributed by atoms with Crippen molar-refractivity contribution in [2.24, 2.45) is 0 Å². The molecule has 2 aliphatic heterocycles. The minimum Gasteiger partial charge on any atom is -0.458 e. The molecule has 0 radical (unpaired) electrons. The summed E-state index contributed by atoms with van der Waals surface area (Å²) in [5.74, 6) is 3.17. The molecule has 0 unspecified atom stereocenters. The lowest BCUT2D eigenvalue weighted by Gasteiger charge is -2.42. The minimum atomic E-state index is -0.0962. The van der Waals surface area contributed by atoms with Crippen molar-refractivity contribution in [1.29, 1.82) is 0 Å². The highest BCUT2D eigenvalue weighted by molar-refractivity contribution is 6.97. The number of para-hydroxylation sites is 3. The maximum absolute atomic E-state index is 6.81. The predicted octanol–water partition coefficient (Wildman–Crippen LogP) is 9.79. The third-order valence-corrected chi connectivity index (χ3v) is 10.1. The summed E-state index contributed by atoms with van der Waals surface area (Å²) < 4.78 is 6.81. The highest BCUT2D eigenvalue weighted by Gasteiger charge is 2.39. The van der Waals surface area contributed by atoms with Crippen LogP contribution in [0, 0.1) is 0 Å². The summed E-state index contributed by atoms with van der Waals surface area (Å²) in [5.41, 5.74) is 14.4. The third-order valence-electron chi connectivity index (χ3n) is 10.1. The first-order valence-corrected chi connectivity index (χ1v) is 16.7. The first kappa shape index (κ1) is 29.5. The summed E-state index contributed by atoms with van der Waals surface area (Å²) in [7, 11) is 0. The zero-order valence-electron chi connectivity index (χ0n) is 28.0. The summed E-state index contributed by atoms with van der Waals surface area (Å²) >= 11 is 0. The highest BCUT2D eigenvalue weighted by atomic mass is 16.5. The highest BCUT2D eigenvalue weighted by Crippen LogP contribution is 2.52. The molecule has 7 rings (SSSR count). The number of hydrogen-bond acceptors (Lipinski definition) is 2. The van der Waals surface area contributed by atoms with E-state index >= 15 is 0 Å². The van der Waals surface area contributed by atoms with Crippen LogP contribution in [0.5, 0.6) is 11.5 Å². The zero-order valence-corrected chi connectivity index (χ0v) is 28.0. The van der Waals surface area contributed by atoms with Gasteiger partial charge in [0.2, 0.25) is 0 Å². The fourth-order valence-electron chi connectivity index (χ4n) is 7.69. The smallest absolute Gasteiger partial charge is 0.251 e. The molecule has 0 saturated heterocycles. The number of fused-ring (bicyclic) bond motifs is 4. The lowest BCUT2D eigenvalue weighted by Crippen LogP contribution is -2.57. The van der Waals surface area contributed by atoms with Crippen molar-refractivity contribution < 1.29 is 4.74 Å². The molecule has 2 nitrogen and oxygen atoms in total. The van der Waals surface area contributed by atoms with Gasteiger partial charge in [0.05, 0.1) is 11.4 Å². The van der Waals surface area contributed by atoms with Crippen LogP contribution in [0.1, 0.15) is 101 Å². The number of ether oxygens (including phenoxy) is 1. The molecule has 45 heavy (non-hydrogen) atoms. The topological polar surface area (TPSA) is 12.5 Å². The molecule has 0 saturated carbocycles. The monoisotopic (exact) mass is 589 g/mol.